The van der Waals surface area contributed by atoms with Crippen molar-refractivity contribution in [3.05, 3.63) is 69.0 Å². The van der Waals surface area contributed by atoms with E-state index in [1.54, 1.807) is 24.3 Å². The Balaban J connectivity index is 2.21. The maximum atomic E-state index is 13.6. The number of phenolic OH excluding ortho intramolecular Hbond substituents is 1. The van der Waals surface area contributed by atoms with Crippen molar-refractivity contribution in [1.82, 2.24) is 0 Å². The van der Waals surface area contributed by atoms with Gasteiger partial charge in [0.2, 0.25) is 0 Å². The lowest BCUT2D eigenvalue weighted by atomic mass is 10.2. The maximum Gasteiger partial charge on any atom is 0.188 e. The van der Waals surface area contributed by atoms with Crippen LogP contribution in [0.25, 0.3) is 6.08 Å². The molecule has 2 aromatic carbocycles. The van der Waals surface area contributed by atoms with E-state index in [2.05, 4.69) is 15.9 Å². The van der Waals surface area contributed by atoms with Gasteiger partial charge in [-0.05, 0) is 35.9 Å². The Morgan fingerprint density at radius 2 is 1.73 bits per heavy atom. The van der Waals surface area contributed by atoms with E-state index in [-0.39, 0.29) is 11.3 Å². The molecule has 7 heteroatoms. The van der Waals surface area contributed by atoms with Crippen LogP contribution < -0.4 is 0 Å². The van der Waals surface area contributed by atoms with Gasteiger partial charge in [0, 0.05) is 15.4 Å². The third-order valence-corrected chi connectivity index (χ3v) is 4.65. The number of phenols is 1. The van der Waals surface area contributed by atoms with Gasteiger partial charge in [0.05, 0.1) is 5.75 Å². The maximum absolute atomic E-state index is 13.6. The van der Waals surface area contributed by atoms with Gasteiger partial charge in [-0.25, -0.2) is 17.2 Å². The van der Waals surface area contributed by atoms with E-state index in [0.717, 1.165) is 28.1 Å². The number of hydrogen-bond donors (Lipinski definition) is 1. The number of halogens is 3. The van der Waals surface area contributed by atoms with E-state index in [1.807, 2.05) is 0 Å². The van der Waals surface area contributed by atoms with Gasteiger partial charge in [0.1, 0.15) is 0 Å². The van der Waals surface area contributed by atoms with Gasteiger partial charge in [0.15, 0.2) is 27.2 Å². The molecule has 0 atom stereocenters. The van der Waals surface area contributed by atoms with Crippen LogP contribution in [0.2, 0.25) is 0 Å². The highest BCUT2D eigenvalue weighted by atomic mass is 79.9. The fraction of sp³-hybridized carbons (Fsp3) is 0.0667. The molecule has 0 radical (unpaired) electrons. The predicted molar refractivity (Wildman–Crippen MR) is 83.8 cm³/mol. The molecule has 0 fully saturated rings. The minimum atomic E-state index is -3.62. The number of benzene rings is 2. The SMILES string of the molecule is O=S(=O)(C=Cc1ccc(F)c(O)c1F)Cc1ccc(Br)cc1. The molecule has 0 unspecified atom stereocenters. The first kappa shape index (κ1) is 16.6. The zero-order valence-corrected chi connectivity index (χ0v) is 13.5. The Morgan fingerprint density at radius 1 is 1.09 bits per heavy atom. The molecule has 0 aliphatic carbocycles. The number of hydrogen-bond acceptors (Lipinski definition) is 3. The summed E-state index contributed by atoms with van der Waals surface area (Å²) in [4.78, 5) is 0. The van der Waals surface area contributed by atoms with Crippen molar-refractivity contribution in [2.45, 2.75) is 5.75 Å². The summed E-state index contributed by atoms with van der Waals surface area (Å²) in [5, 5.41) is 9.98. The smallest absolute Gasteiger partial charge is 0.188 e. The molecule has 0 spiro atoms. The van der Waals surface area contributed by atoms with Crippen LogP contribution in [0.5, 0.6) is 5.75 Å². The molecule has 2 rings (SSSR count). The minimum absolute atomic E-state index is 0.210. The Hall–Kier alpha value is -1.73. The summed E-state index contributed by atoms with van der Waals surface area (Å²) in [6.07, 6.45) is 0.989. The van der Waals surface area contributed by atoms with Gasteiger partial charge < -0.3 is 5.11 Å². The van der Waals surface area contributed by atoms with Gasteiger partial charge in [0.25, 0.3) is 0 Å². The molecule has 22 heavy (non-hydrogen) atoms. The number of rotatable bonds is 4. The molecule has 0 amide bonds. The average molecular weight is 389 g/mol. The zero-order chi connectivity index (χ0) is 16.3. The van der Waals surface area contributed by atoms with Crippen LogP contribution in [-0.4, -0.2) is 13.5 Å². The van der Waals surface area contributed by atoms with Crippen molar-refractivity contribution in [3.63, 3.8) is 0 Å². The monoisotopic (exact) mass is 388 g/mol. The van der Waals surface area contributed by atoms with Gasteiger partial charge in [-0.2, -0.15) is 0 Å². The molecule has 0 bridgehead atoms. The molecular formula is C15H11BrF2O3S. The van der Waals surface area contributed by atoms with E-state index in [9.17, 15) is 17.2 Å². The second-order valence-corrected chi connectivity index (χ2v) is 7.34. The van der Waals surface area contributed by atoms with E-state index >= 15 is 0 Å². The average Bonchev–Trinajstić information content (AvgIpc) is 2.46. The highest BCUT2D eigenvalue weighted by molar-refractivity contribution is 9.10. The van der Waals surface area contributed by atoms with E-state index < -0.39 is 27.2 Å². The van der Waals surface area contributed by atoms with E-state index in [1.165, 1.54) is 0 Å². The highest BCUT2D eigenvalue weighted by Crippen LogP contribution is 2.24. The Labute approximate surface area is 135 Å². The fourth-order valence-electron chi connectivity index (χ4n) is 1.72. The molecule has 3 nitrogen and oxygen atoms in total. The van der Waals surface area contributed by atoms with Gasteiger partial charge in [-0.15, -0.1) is 0 Å². The first-order valence-electron chi connectivity index (χ1n) is 6.11. The molecule has 2 aromatic rings. The molecule has 1 N–H and O–H groups in total. The van der Waals surface area contributed by atoms with Crippen molar-refractivity contribution < 1.29 is 22.3 Å². The van der Waals surface area contributed by atoms with Crippen LogP contribution >= 0.6 is 15.9 Å². The van der Waals surface area contributed by atoms with E-state index in [4.69, 9.17) is 5.11 Å². The molecule has 116 valence electrons. The Bertz CT molecular complexity index is 815. The lowest BCUT2D eigenvalue weighted by Gasteiger charge is -2.02. The van der Waals surface area contributed by atoms with Crippen molar-refractivity contribution >= 4 is 31.8 Å². The van der Waals surface area contributed by atoms with Gasteiger partial charge in [-0.3, -0.25) is 0 Å². The van der Waals surface area contributed by atoms with E-state index in [0.29, 0.717) is 5.56 Å². The summed E-state index contributed by atoms with van der Waals surface area (Å²) < 4.78 is 51.2. The molecule has 0 heterocycles. The first-order valence-corrected chi connectivity index (χ1v) is 8.61. The summed E-state index contributed by atoms with van der Waals surface area (Å²) >= 11 is 3.25. The third kappa shape index (κ3) is 4.14. The summed E-state index contributed by atoms with van der Waals surface area (Å²) in [5.74, 6) is -3.68. The molecule has 0 saturated carbocycles. The van der Waals surface area contributed by atoms with Gasteiger partial charge >= 0.3 is 0 Å². The molecule has 0 aromatic heterocycles. The summed E-state index contributed by atoms with van der Waals surface area (Å²) in [6.45, 7) is 0. The van der Waals surface area contributed by atoms with Crippen LogP contribution in [0.15, 0.2) is 46.3 Å². The van der Waals surface area contributed by atoms with Crippen LogP contribution in [0.4, 0.5) is 8.78 Å². The zero-order valence-electron chi connectivity index (χ0n) is 11.1. The first-order chi connectivity index (χ1) is 10.3. The largest absolute Gasteiger partial charge is 0.503 e. The molecule has 0 aliphatic rings. The Kier molecular flexibility index (Phi) is 4.97. The molecule has 0 saturated heterocycles. The normalized spacial score (nSPS) is 12.0. The number of aromatic hydroxyl groups is 1. The lowest BCUT2D eigenvalue weighted by molar-refractivity contribution is 0.395. The second kappa shape index (κ2) is 6.58. The quantitative estimate of drug-likeness (QED) is 0.860. The number of sulfone groups is 1. The second-order valence-electron chi connectivity index (χ2n) is 4.54. The van der Waals surface area contributed by atoms with Crippen molar-refractivity contribution in [2.24, 2.45) is 0 Å². The third-order valence-electron chi connectivity index (χ3n) is 2.83. The summed E-state index contributed by atoms with van der Waals surface area (Å²) in [5.41, 5.74) is 0.369. The van der Waals surface area contributed by atoms with Crippen molar-refractivity contribution in [2.75, 3.05) is 0 Å². The summed E-state index contributed by atoms with van der Waals surface area (Å²) in [6, 6.07) is 8.65. The van der Waals surface area contributed by atoms with Crippen LogP contribution in [0, 0.1) is 11.6 Å². The van der Waals surface area contributed by atoms with Crippen molar-refractivity contribution in [1.29, 1.82) is 0 Å². The van der Waals surface area contributed by atoms with Crippen LogP contribution in [0.1, 0.15) is 11.1 Å². The highest BCUT2D eigenvalue weighted by Gasteiger charge is 2.12. The van der Waals surface area contributed by atoms with Gasteiger partial charge in [-0.1, -0.05) is 28.1 Å². The predicted octanol–water partition coefficient (Wildman–Crippen LogP) is 4.02. The lowest BCUT2D eigenvalue weighted by Crippen LogP contribution is -2.00. The fourth-order valence-corrected chi connectivity index (χ4v) is 3.09. The van der Waals surface area contributed by atoms with Crippen LogP contribution in [0.3, 0.4) is 0 Å². The van der Waals surface area contributed by atoms with Crippen LogP contribution in [-0.2, 0) is 15.6 Å². The standard InChI is InChI=1S/C15H11BrF2O3S/c16-12-4-1-10(2-5-12)9-22(20,21)8-7-11-3-6-13(17)15(19)14(11)18/h1-8,19H,9H2. The Morgan fingerprint density at radius 3 is 2.36 bits per heavy atom. The molecule has 0 aliphatic heterocycles. The minimum Gasteiger partial charge on any atom is -0.503 e. The van der Waals surface area contributed by atoms with Crippen molar-refractivity contribution in [3.8, 4) is 5.75 Å². The molecular weight excluding hydrogens is 378 g/mol. The summed E-state index contributed by atoms with van der Waals surface area (Å²) in [7, 11) is -3.62. The topological polar surface area (TPSA) is 54.4 Å².